The molecule has 31 heavy (non-hydrogen) atoms. The van der Waals surface area contributed by atoms with Crippen molar-refractivity contribution in [2.24, 2.45) is 0 Å². The number of amides is 1. The number of pyridine rings is 1. The predicted octanol–water partition coefficient (Wildman–Crippen LogP) is 5.93. The van der Waals surface area contributed by atoms with Crippen molar-refractivity contribution in [3.05, 3.63) is 77.6 Å². The van der Waals surface area contributed by atoms with Crippen molar-refractivity contribution in [2.75, 3.05) is 18.5 Å². The molecule has 1 aromatic heterocycles. The van der Waals surface area contributed by atoms with E-state index in [0.717, 1.165) is 5.69 Å². The van der Waals surface area contributed by atoms with Gasteiger partial charge in [0.05, 0.1) is 29.7 Å². The van der Waals surface area contributed by atoms with E-state index in [1.54, 1.807) is 30.3 Å². The number of hydrogen-bond acceptors (Lipinski definition) is 5. The summed E-state index contributed by atoms with van der Waals surface area (Å²) in [5, 5.41) is 2.91. The third-order valence-electron chi connectivity index (χ3n) is 4.67. The lowest BCUT2D eigenvalue weighted by atomic mass is 10.1. The van der Waals surface area contributed by atoms with Gasteiger partial charge in [-0.15, -0.1) is 0 Å². The molecule has 0 aliphatic rings. The fourth-order valence-electron chi connectivity index (χ4n) is 3.12. The highest BCUT2D eigenvalue weighted by Gasteiger charge is 2.14. The van der Waals surface area contributed by atoms with Gasteiger partial charge in [0, 0.05) is 12.3 Å². The first kappa shape index (κ1) is 22.3. The zero-order valence-corrected chi connectivity index (χ0v) is 18.3. The summed E-state index contributed by atoms with van der Waals surface area (Å²) >= 11 is 0. The van der Waals surface area contributed by atoms with Crippen molar-refractivity contribution in [1.29, 1.82) is 0 Å². The first-order valence-electron chi connectivity index (χ1n) is 10.4. The van der Waals surface area contributed by atoms with Crippen LogP contribution in [0.4, 0.5) is 5.69 Å². The van der Waals surface area contributed by atoms with Crippen LogP contribution < -0.4 is 14.8 Å². The lowest BCUT2D eigenvalue weighted by Crippen LogP contribution is -2.15. The third kappa shape index (κ3) is 5.83. The monoisotopic (exact) mass is 420 g/mol. The van der Waals surface area contributed by atoms with Gasteiger partial charge in [0.15, 0.2) is 11.5 Å². The van der Waals surface area contributed by atoms with Crippen molar-refractivity contribution in [2.45, 2.75) is 33.8 Å². The minimum Gasteiger partial charge on any atom is -0.490 e. The number of ether oxygens (including phenoxy) is 3. The smallest absolute Gasteiger partial charge is 0.257 e. The minimum atomic E-state index is -0.212. The largest absolute Gasteiger partial charge is 0.490 e. The number of rotatable bonds is 9. The Hall–Kier alpha value is -3.38. The van der Waals surface area contributed by atoms with Crippen LogP contribution in [-0.4, -0.2) is 24.1 Å². The fourth-order valence-corrected chi connectivity index (χ4v) is 3.12. The molecule has 0 radical (unpaired) electrons. The lowest BCUT2D eigenvalue weighted by Gasteiger charge is -2.14. The summed E-state index contributed by atoms with van der Waals surface area (Å²) in [5.41, 5.74) is 2.67. The third-order valence-corrected chi connectivity index (χ3v) is 4.67. The molecule has 1 amide bonds. The number of aromatic nitrogens is 1. The van der Waals surface area contributed by atoms with Gasteiger partial charge in [0.2, 0.25) is 0 Å². The second-order valence-corrected chi connectivity index (χ2v) is 6.93. The zero-order chi connectivity index (χ0) is 22.2. The molecule has 3 aromatic rings. The number of carbonyl (C=O) groups excluding carboxylic acids is 1. The number of carbonyl (C=O) groups is 1. The van der Waals surface area contributed by atoms with Crippen molar-refractivity contribution < 1.29 is 19.0 Å². The van der Waals surface area contributed by atoms with E-state index in [1.165, 1.54) is 0 Å². The van der Waals surface area contributed by atoms with Crippen LogP contribution in [0.1, 0.15) is 48.6 Å². The Balaban J connectivity index is 1.67. The number of benzene rings is 2. The van der Waals surface area contributed by atoms with E-state index >= 15 is 0 Å². The first-order valence-corrected chi connectivity index (χ1v) is 10.4. The molecule has 3 rings (SSSR count). The van der Waals surface area contributed by atoms with Gasteiger partial charge in [-0.05, 0) is 76.2 Å². The van der Waals surface area contributed by atoms with Crippen molar-refractivity contribution >= 4 is 11.6 Å². The molecule has 162 valence electrons. The quantitative estimate of drug-likeness (QED) is 0.464. The number of anilines is 1. The van der Waals surface area contributed by atoms with E-state index < -0.39 is 0 Å². The molecule has 0 spiro atoms. The first-order chi connectivity index (χ1) is 15.0. The molecule has 0 saturated heterocycles. The van der Waals surface area contributed by atoms with Crippen molar-refractivity contribution in [3.8, 4) is 17.2 Å². The molecule has 1 unspecified atom stereocenters. The Morgan fingerprint density at radius 2 is 1.68 bits per heavy atom. The van der Waals surface area contributed by atoms with Gasteiger partial charge < -0.3 is 19.5 Å². The molecular weight excluding hydrogens is 392 g/mol. The lowest BCUT2D eigenvalue weighted by molar-refractivity contribution is 0.0732. The van der Waals surface area contributed by atoms with Crippen LogP contribution in [-0.2, 0) is 4.74 Å². The molecule has 2 aromatic carbocycles. The van der Waals surface area contributed by atoms with Crippen LogP contribution in [0.2, 0.25) is 0 Å². The Bertz CT molecular complexity index is 1020. The highest BCUT2D eigenvalue weighted by Crippen LogP contribution is 2.31. The molecule has 1 atom stereocenters. The molecule has 0 bridgehead atoms. The average Bonchev–Trinajstić information content (AvgIpc) is 2.76. The number of aryl methyl sites for hydroxylation is 1. The van der Waals surface area contributed by atoms with Gasteiger partial charge in [-0.2, -0.15) is 0 Å². The van der Waals surface area contributed by atoms with E-state index in [9.17, 15) is 4.79 Å². The highest BCUT2D eigenvalue weighted by atomic mass is 16.5. The van der Waals surface area contributed by atoms with Gasteiger partial charge in [-0.1, -0.05) is 12.1 Å². The van der Waals surface area contributed by atoms with E-state index in [4.69, 9.17) is 14.2 Å². The summed E-state index contributed by atoms with van der Waals surface area (Å²) in [6, 6.07) is 18.3. The number of nitrogens with zero attached hydrogens (tertiary/aromatic N) is 1. The molecular formula is C25H28N2O4. The van der Waals surface area contributed by atoms with Crippen LogP contribution in [0.5, 0.6) is 17.2 Å². The summed E-state index contributed by atoms with van der Waals surface area (Å²) in [6.45, 7) is 8.81. The van der Waals surface area contributed by atoms with Gasteiger partial charge in [0.1, 0.15) is 5.75 Å². The standard InChI is InChI=1S/C25H28N2O4/c1-5-29-18(4)22-16-15-21(17(3)26-22)25(28)27-19-11-13-20(14-12-19)31-24-10-8-7-9-23(24)30-6-2/h7-16,18H,5-6H2,1-4H3,(H,27,28). The Morgan fingerprint density at radius 3 is 2.32 bits per heavy atom. The van der Waals surface area contributed by atoms with Gasteiger partial charge in [-0.3, -0.25) is 9.78 Å². The molecule has 0 fully saturated rings. The maximum absolute atomic E-state index is 12.7. The van der Waals surface area contributed by atoms with Crippen molar-refractivity contribution in [3.63, 3.8) is 0 Å². The van der Waals surface area contributed by atoms with Gasteiger partial charge >= 0.3 is 0 Å². The van der Waals surface area contributed by atoms with Crippen molar-refractivity contribution in [1.82, 2.24) is 4.98 Å². The average molecular weight is 421 g/mol. The second kappa shape index (κ2) is 10.6. The number of nitrogens with one attached hydrogen (secondary N) is 1. The summed E-state index contributed by atoms with van der Waals surface area (Å²) in [5.74, 6) is 1.77. The summed E-state index contributed by atoms with van der Waals surface area (Å²) in [4.78, 5) is 17.2. The molecule has 0 saturated carbocycles. The summed E-state index contributed by atoms with van der Waals surface area (Å²) in [6.07, 6.45) is -0.110. The van der Waals surface area contributed by atoms with Crippen LogP contribution in [0.15, 0.2) is 60.7 Å². The van der Waals surface area contributed by atoms with Crippen LogP contribution in [0, 0.1) is 6.92 Å². The predicted molar refractivity (Wildman–Crippen MR) is 121 cm³/mol. The van der Waals surface area contributed by atoms with Crippen LogP contribution in [0.25, 0.3) is 0 Å². The molecule has 0 aliphatic heterocycles. The molecule has 6 heteroatoms. The van der Waals surface area contributed by atoms with Gasteiger partial charge in [-0.25, -0.2) is 0 Å². The summed E-state index contributed by atoms with van der Waals surface area (Å²) < 4.78 is 17.1. The molecule has 0 aliphatic carbocycles. The van der Waals surface area contributed by atoms with Crippen LogP contribution >= 0.6 is 0 Å². The normalized spacial score (nSPS) is 11.6. The van der Waals surface area contributed by atoms with Crippen LogP contribution in [0.3, 0.4) is 0 Å². The fraction of sp³-hybridized carbons (Fsp3) is 0.280. The maximum Gasteiger partial charge on any atom is 0.257 e. The Kier molecular flexibility index (Phi) is 7.62. The maximum atomic E-state index is 12.7. The molecule has 6 nitrogen and oxygen atoms in total. The topological polar surface area (TPSA) is 69.7 Å². The Labute approximate surface area is 183 Å². The van der Waals surface area contributed by atoms with E-state index in [1.807, 2.05) is 58.0 Å². The second-order valence-electron chi connectivity index (χ2n) is 6.93. The van der Waals surface area contributed by atoms with E-state index in [-0.39, 0.29) is 12.0 Å². The number of hydrogen-bond donors (Lipinski definition) is 1. The number of para-hydroxylation sites is 2. The Morgan fingerprint density at radius 1 is 0.968 bits per heavy atom. The van der Waals surface area contributed by atoms with E-state index in [0.29, 0.717) is 47.4 Å². The summed E-state index contributed by atoms with van der Waals surface area (Å²) in [7, 11) is 0. The highest BCUT2D eigenvalue weighted by molar-refractivity contribution is 6.05. The minimum absolute atomic E-state index is 0.110. The van der Waals surface area contributed by atoms with Gasteiger partial charge in [0.25, 0.3) is 5.91 Å². The molecule has 1 heterocycles. The molecule has 1 N–H and O–H groups in total. The zero-order valence-electron chi connectivity index (χ0n) is 18.3. The SMILES string of the molecule is CCOc1ccccc1Oc1ccc(NC(=O)c2ccc(C(C)OCC)nc2C)cc1. The van der Waals surface area contributed by atoms with E-state index in [2.05, 4.69) is 10.3 Å².